The van der Waals surface area contributed by atoms with E-state index in [1.807, 2.05) is 29.7 Å². The van der Waals surface area contributed by atoms with Crippen molar-refractivity contribution < 1.29 is 9.66 Å². The van der Waals surface area contributed by atoms with Crippen molar-refractivity contribution in [2.45, 2.75) is 23.9 Å². The van der Waals surface area contributed by atoms with Gasteiger partial charge in [-0.05, 0) is 24.6 Å². The van der Waals surface area contributed by atoms with Crippen LogP contribution >= 0.6 is 11.8 Å². The number of pyridine rings is 1. The number of thioether (sulfide) groups is 1. The Morgan fingerprint density at radius 2 is 2.04 bits per heavy atom. The molecule has 0 saturated heterocycles. The van der Waals surface area contributed by atoms with Gasteiger partial charge in [-0.3, -0.25) is 19.7 Å². The Hall–Kier alpha value is -2.78. The smallest absolute Gasteiger partial charge is 0.269 e. The molecule has 1 unspecified atom stereocenters. The van der Waals surface area contributed by atoms with E-state index in [0.29, 0.717) is 13.2 Å². The van der Waals surface area contributed by atoms with Gasteiger partial charge in [0.2, 0.25) is 0 Å². The van der Waals surface area contributed by atoms with Gasteiger partial charge in [0.25, 0.3) is 5.69 Å². The van der Waals surface area contributed by atoms with Gasteiger partial charge in [0, 0.05) is 42.4 Å². The highest BCUT2D eigenvalue weighted by Gasteiger charge is 2.19. The van der Waals surface area contributed by atoms with Crippen molar-refractivity contribution in [3.8, 4) is 11.4 Å². The fraction of sp³-hybridized carbons (Fsp3) is 0.278. The number of hydrogen-bond donors (Lipinski definition) is 0. The van der Waals surface area contributed by atoms with Crippen molar-refractivity contribution in [3.05, 3.63) is 64.5 Å². The van der Waals surface area contributed by atoms with Gasteiger partial charge < -0.3 is 4.74 Å². The minimum Gasteiger partial charge on any atom is -0.383 e. The minimum absolute atomic E-state index is 0.0271. The summed E-state index contributed by atoms with van der Waals surface area (Å²) in [6, 6.07) is 10.4. The number of hydrogen-bond acceptors (Lipinski definition) is 7. The highest BCUT2D eigenvalue weighted by molar-refractivity contribution is 7.99. The van der Waals surface area contributed by atoms with Crippen LogP contribution in [0.2, 0.25) is 0 Å². The Morgan fingerprint density at radius 1 is 1.26 bits per heavy atom. The third-order valence-electron chi connectivity index (χ3n) is 4.01. The molecule has 140 valence electrons. The molecule has 8 nitrogen and oxygen atoms in total. The summed E-state index contributed by atoms with van der Waals surface area (Å²) in [6.07, 6.45) is 3.42. The Bertz CT molecular complexity index is 916. The molecule has 0 aliphatic carbocycles. The van der Waals surface area contributed by atoms with Crippen LogP contribution in [-0.4, -0.2) is 38.4 Å². The second-order valence-corrected chi connectivity index (χ2v) is 7.11. The van der Waals surface area contributed by atoms with Gasteiger partial charge in [-0.25, -0.2) is 0 Å². The summed E-state index contributed by atoms with van der Waals surface area (Å²) < 4.78 is 7.22. The van der Waals surface area contributed by atoms with Gasteiger partial charge in [-0.15, -0.1) is 10.2 Å². The van der Waals surface area contributed by atoms with Gasteiger partial charge in [0.1, 0.15) is 0 Å². The Kier molecular flexibility index (Phi) is 6.15. The third-order valence-corrected chi connectivity index (χ3v) is 5.15. The molecule has 1 atom stereocenters. The molecule has 1 aromatic carbocycles. The zero-order valence-corrected chi connectivity index (χ0v) is 15.8. The fourth-order valence-electron chi connectivity index (χ4n) is 2.59. The molecule has 2 aromatic heterocycles. The Morgan fingerprint density at radius 3 is 2.74 bits per heavy atom. The van der Waals surface area contributed by atoms with Gasteiger partial charge >= 0.3 is 0 Å². The van der Waals surface area contributed by atoms with E-state index in [0.717, 1.165) is 22.1 Å². The number of nitrogens with zero attached hydrogens (tertiary/aromatic N) is 5. The van der Waals surface area contributed by atoms with Crippen LogP contribution in [0.15, 0.2) is 53.9 Å². The van der Waals surface area contributed by atoms with E-state index in [1.54, 1.807) is 31.6 Å². The van der Waals surface area contributed by atoms with E-state index in [2.05, 4.69) is 15.2 Å². The van der Waals surface area contributed by atoms with Crippen LogP contribution in [-0.2, 0) is 11.3 Å². The molecule has 0 aliphatic rings. The van der Waals surface area contributed by atoms with E-state index in [9.17, 15) is 10.1 Å². The van der Waals surface area contributed by atoms with Crippen LogP contribution in [0.5, 0.6) is 0 Å². The first-order valence-electron chi connectivity index (χ1n) is 8.33. The summed E-state index contributed by atoms with van der Waals surface area (Å²) in [7, 11) is 1.65. The standard InChI is InChI=1S/C18H19N5O3S/c1-13(15-4-3-5-16(12-15)23(24)25)27-18-21-20-17(22(18)10-11-26-2)14-6-8-19-9-7-14/h3-9,12-13H,10-11H2,1-2H3. The van der Waals surface area contributed by atoms with E-state index in [4.69, 9.17) is 4.74 Å². The number of methoxy groups -OCH3 is 1. The molecular formula is C18H19N5O3S. The number of nitro benzene ring substituents is 1. The van der Waals surface area contributed by atoms with Crippen molar-refractivity contribution in [2.24, 2.45) is 0 Å². The maximum absolute atomic E-state index is 11.0. The first-order chi connectivity index (χ1) is 13.1. The molecule has 0 bridgehead atoms. The molecule has 3 rings (SSSR count). The molecule has 0 N–H and O–H groups in total. The SMILES string of the molecule is COCCn1c(SC(C)c2cccc([N+](=O)[O-])c2)nnc1-c1ccncc1. The lowest BCUT2D eigenvalue weighted by Crippen LogP contribution is -2.08. The lowest BCUT2D eigenvalue weighted by atomic mass is 10.1. The second-order valence-electron chi connectivity index (χ2n) is 5.80. The van der Waals surface area contributed by atoms with Crippen LogP contribution in [0.4, 0.5) is 5.69 Å². The molecule has 0 aliphatic heterocycles. The molecule has 27 heavy (non-hydrogen) atoms. The first kappa shape index (κ1) is 19.0. The van der Waals surface area contributed by atoms with Crippen LogP contribution in [0.3, 0.4) is 0 Å². The predicted octanol–water partition coefficient (Wildman–Crippen LogP) is 3.75. The quantitative estimate of drug-likeness (QED) is 0.331. The highest BCUT2D eigenvalue weighted by Crippen LogP contribution is 2.36. The lowest BCUT2D eigenvalue weighted by molar-refractivity contribution is -0.384. The molecule has 0 fully saturated rings. The number of benzene rings is 1. The first-order valence-corrected chi connectivity index (χ1v) is 9.21. The average Bonchev–Trinajstić information content (AvgIpc) is 3.09. The third kappa shape index (κ3) is 4.50. The summed E-state index contributed by atoms with van der Waals surface area (Å²) in [5.74, 6) is 0.739. The largest absolute Gasteiger partial charge is 0.383 e. The average molecular weight is 385 g/mol. The summed E-state index contributed by atoms with van der Waals surface area (Å²) in [5, 5.41) is 20.4. The maximum Gasteiger partial charge on any atom is 0.269 e. The van der Waals surface area contributed by atoms with E-state index >= 15 is 0 Å². The minimum atomic E-state index is -0.385. The summed E-state index contributed by atoms with van der Waals surface area (Å²) in [4.78, 5) is 14.7. The number of ether oxygens (including phenoxy) is 1. The van der Waals surface area contributed by atoms with E-state index in [1.165, 1.54) is 17.8 Å². The molecular weight excluding hydrogens is 366 g/mol. The van der Waals surface area contributed by atoms with Crippen LogP contribution in [0.25, 0.3) is 11.4 Å². The van der Waals surface area contributed by atoms with Gasteiger partial charge in [-0.1, -0.05) is 23.9 Å². The molecule has 0 spiro atoms. The van der Waals surface area contributed by atoms with Crippen LogP contribution in [0, 0.1) is 10.1 Å². The molecule has 0 saturated carbocycles. The number of aromatic nitrogens is 4. The topological polar surface area (TPSA) is 96.0 Å². The summed E-state index contributed by atoms with van der Waals surface area (Å²) in [6.45, 7) is 3.12. The molecule has 0 radical (unpaired) electrons. The lowest BCUT2D eigenvalue weighted by Gasteiger charge is -2.13. The summed E-state index contributed by atoms with van der Waals surface area (Å²) in [5.41, 5.74) is 1.86. The highest BCUT2D eigenvalue weighted by atomic mass is 32.2. The fourth-order valence-corrected chi connectivity index (χ4v) is 3.58. The maximum atomic E-state index is 11.0. The molecule has 3 aromatic rings. The second kappa shape index (κ2) is 8.74. The van der Waals surface area contributed by atoms with Crippen molar-refractivity contribution >= 4 is 17.4 Å². The molecule has 9 heteroatoms. The Labute approximate surface area is 160 Å². The number of non-ortho nitro benzene ring substituents is 1. The number of nitro groups is 1. The van der Waals surface area contributed by atoms with Gasteiger partial charge in [-0.2, -0.15) is 0 Å². The monoisotopic (exact) mass is 385 g/mol. The van der Waals surface area contributed by atoms with Crippen LogP contribution < -0.4 is 0 Å². The normalized spacial score (nSPS) is 12.1. The summed E-state index contributed by atoms with van der Waals surface area (Å²) >= 11 is 1.51. The van der Waals surface area contributed by atoms with Crippen molar-refractivity contribution in [2.75, 3.05) is 13.7 Å². The molecule has 2 heterocycles. The van der Waals surface area contributed by atoms with Crippen molar-refractivity contribution in [3.63, 3.8) is 0 Å². The zero-order chi connectivity index (χ0) is 19.2. The van der Waals surface area contributed by atoms with Gasteiger partial charge in [0.15, 0.2) is 11.0 Å². The van der Waals surface area contributed by atoms with Crippen molar-refractivity contribution in [1.82, 2.24) is 19.7 Å². The predicted molar refractivity (Wildman–Crippen MR) is 102 cm³/mol. The van der Waals surface area contributed by atoms with Gasteiger partial charge in [0.05, 0.1) is 18.1 Å². The van der Waals surface area contributed by atoms with E-state index in [-0.39, 0.29) is 15.9 Å². The van der Waals surface area contributed by atoms with Crippen molar-refractivity contribution in [1.29, 1.82) is 0 Å². The van der Waals surface area contributed by atoms with E-state index < -0.39 is 0 Å². The van der Waals surface area contributed by atoms with Crippen LogP contribution in [0.1, 0.15) is 17.7 Å². The molecule has 0 amide bonds. The zero-order valence-electron chi connectivity index (χ0n) is 15.0. The number of rotatable bonds is 8. The Balaban J connectivity index is 1.89.